The van der Waals surface area contributed by atoms with Crippen LogP contribution in [0.5, 0.6) is 5.75 Å². The van der Waals surface area contributed by atoms with Crippen LogP contribution in [-0.4, -0.2) is 36.6 Å². The molecule has 1 aromatic rings. The zero-order chi connectivity index (χ0) is 17.5. The molecular weight excluding hydrogens is 334 g/mol. The topological polar surface area (TPSA) is 38.8 Å². The van der Waals surface area contributed by atoms with Crippen molar-refractivity contribution in [3.8, 4) is 5.75 Å². The molecule has 0 spiro atoms. The van der Waals surface area contributed by atoms with E-state index in [2.05, 4.69) is 16.4 Å². The highest BCUT2D eigenvalue weighted by Gasteiger charge is 2.30. The monoisotopic (exact) mass is 363 g/mol. The lowest BCUT2D eigenvalue weighted by atomic mass is 9.90. The minimum absolute atomic E-state index is 0.125. The van der Waals surface area contributed by atoms with Gasteiger partial charge >= 0.3 is 5.97 Å². The highest BCUT2D eigenvalue weighted by Crippen LogP contribution is 2.32. The molecule has 0 aromatic heterocycles. The van der Waals surface area contributed by atoms with Crippen LogP contribution in [0.3, 0.4) is 0 Å². The van der Waals surface area contributed by atoms with E-state index in [9.17, 15) is 4.79 Å². The molecule has 1 saturated carbocycles. The average Bonchev–Trinajstić information content (AvgIpc) is 2.68. The molecule has 138 valence electrons. The predicted molar refractivity (Wildman–Crippen MR) is 101 cm³/mol. The van der Waals surface area contributed by atoms with Crippen molar-refractivity contribution >= 4 is 17.9 Å². The Labute approximate surface area is 155 Å². The van der Waals surface area contributed by atoms with Gasteiger partial charge in [-0.2, -0.15) is 0 Å². The SMILES string of the molecule is COC(=O)C1CCCCN1Sc1ccc(OCC2CCCCC2)cc1. The van der Waals surface area contributed by atoms with Gasteiger partial charge in [-0.05, 0) is 74.2 Å². The molecule has 1 unspecified atom stereocenters. The van der Waals surface area contributed by atoms with Crippen molar-refractivity contribution in [3.63, 3.8) is 0 Å². The van der Waals surface area contributed by atoms with Crippen molar-refractivity contribution in [3.05, 3.63) is 24.3 Å². The summed E-state index contributed by atoms with van der Waals surface area (Å²) in [5, 5.41) is 0. The molecule has 0 amide bonds. The summed E-state index contributed by atoms with van der Waals surface area (Å²) in [6.07, 6.45) is 9.78. The second-order valence-electron chi connectivity index (χ2n) is 7.05. The van der Waals surface area contributed by atoms with Gasteiger partial charge in [0.25, 0.3) is 0 Å². The minimum Gasteiger partial charge on any atom is -0.493 e. The number of nitrogens with zero attached hydrogens (tertiary/aromatic N) is 1. The maximum Gasteiger partial charge on any atom is 0.323 e. The van der Waals surface area contributed by atoms with Gasteiger partial charge < -0.3 is 9.47 Å². The van der Waals surface area contributed by atoms with Crippen molar-refractivity contribution in [2.75, 3.05) is 20.3 Å². The molecule has 5 heteroatoms. The average molecular weight is 364 g/mol. The van der Waals surface area contributed by atoms with E-state index in [-0.39, 0.29) is 12.0 Å². The summed E-state index contributed by atoms with van der Waals surface area (Å²) in [4.78, 5) is 13.1. The maximum atomic E-state index is 12.0. The molecule has 0 bridgehead atoms. The molecule has 2 aliphatic rings. The smallest absolute Gasteiger partial charge is 0.323 e. The zero-order valence-corrected chi connectivity index (χ0v) is 15.9. The fourth-order valence-electron chi connectivity index (χ4n) is 3.69. The third kappa shape index (κ3) is 5.38. The quantitative estimate of drug-likeness (QED) is 0.542. The molecule has 1 aliphatic heterocycles. The van der Waals surface area contributed by atoms with E-state index < -0.39 is 0 Å². The normalized spacial score (nSPS) is 22.5. The van der Waals surface area contributed by atoms with Crippen molar-refractivity contribution in [1.29, 1.82) is 0 Å². The van der Waals surface area contributed by atoms with E-state index >= 15 is 0 Å². The maximum absolute atomic E-state index is 12.0. The van der Waals surface area contributed by atoms with Gasteiger partial charge in [-0.15, -0.1) is 0 Å². The third-order valence-corrected chi connectivity index (χ3v) is 6.34. The van der Waals surface area contributed by atoms with E-state index in [0.717, 1.165) is 49.0 Å². The summed E-state index contributed by atoms with van der Waals surface area (Å²) in [6.45, 7) is 1.76. The lowest BCUT2D eigenvalue weighted by molar-refractivity contribution is -0.145. The van der Waals surface area contributed by atoms with Crippen LogP contribution in [0, 0.1) is 5.92 Å². The Balaban J connectivity index is 1.51. The van der Waals surface area contributed by atoms with E-state index in [0.29, 0.717) is 0 Å². The Morgan fingerprint density at radius 1 is 1.08 bits per heavy atom. The van der Waals surface area contributed by atoms with Crippen molar-refractivity contribution < 1.29 is 14.3 Å². The first-order valence-electron chi connectivity index (χ1n) is 9.51. The molecule has 2 fully saturated rings. The summed E-state index contributed by atoms with van der Waals surface area (Å²) in [5.74, 6) is 1.54. The first kappa shape index (κ1) is 18.6. The molecule has 1 atom stereocenters. The van der Waals surface area contributed by atoms with Gasteiger partial charge in [-0.1, -0.05) is 19.3 Å². The Morgan fingerprint density at radius 2 is 1.80 bits per heavy atom. The number of benzene rings is 1. The lowest BCUT2D eigenvalue weighted by Gasteiger charge is -2.32. The van der Waals surface area contributed by atoms with Crippen LogP contribution < -0.4 is 4.74 Å². The van der Waals surface area contributed by atoms with E-state index in [1.165, 1.54) is 39.2 Å². The fourth-order valence-corrected chi connectivity index (χ4v) is 4.75. The molecule has 0 N–H and O–H groups in total. The van der Waals surface area contributed by atoms with Crippen LogP contribution in [0.4, 0.5) is 0 Å². The van der Waals surface area contributed by atoms with Crippen LogP contribution in [0.1, 0.15) is 51.4 Å². The second-order valence-corrected chi connectivity index (χ2v) is 8.18. The molecule has 1 heterocycles. The fraction of sp³-hybridized carbons (Fsp3) is 0.650. The molecule has 4 nitrogen and oxygen atoms in total. The van der Waals surface area contributed by atoms with E-state index in [4.69, 9.17) is 9.47 Å². The van der Waals surface area contributed by atoms with Gasteiger partial charge in [0, 0.05) is 11.4 Å². The summed E-state index contributed by atoms with van der Waals surface area (Å²) in [7, 11) is 1.47. The number of hydrogen-bond donors (Lipinski definition) is 0. The predicted octanol–water partition coefficient (Wildman–Crippen LogP) is 4.68. The van der Waals surface area contributed by atoms with E-state index in [1.807, 2.05) is 12.1 Å². The summed E-state index contributed by atoms with van der Waals surface area (Å²) in [5.41, 5.74) is 0. The van der Waals surface area contributed by atoms with Gasteiger partial charge in [0.1, 0.15) is 11.8 Å². The van der Waals surface area contributed by atoms with Gasteiger partial charge in [-0.25, -0.2) is 4.31 Å². The van der Waals surface area contributed by atoms with Gasteiger partial charge in [-0.3, -0.25) is 4.79 Å². The Hall–Kier alpha value is -1.20. The molecule has 3 rings (SSSR count). The van der Waals surface area contributed by atoms with Gasteiger partial charge in [0.05, 0.1) is 13.7 Å². The van der Waals surface area contributed by atoms with Crippen LogP contribution in [0.15, 0.2) is 29.2 Å². The standard InChI is InChI=1S/C20H29NO3S/c1-23-20(22)19-9-5-6-14-21(19)25-18-12-10-17(11-13-18)24-15-16-7-3-2-4-8-16/h10-13,16,19H,2-9,14-15H2,1H3. The Morgan fingerprint density at radius 3 is 2.52 bits per heavy atom. The summed E-state index contributed by atoms with van der Waals surface area (Å²) < 4.78 is 13.1. The second kappa shape index (κ2) is 9.48. The summed E-state index contributed by atoms with van der Waals surface area (Å²) >= 11 is 1.65. The van der Waals surface area contributed by atoms with E-state index in [1.54, 1.807) is 11.9 Å². The third-order valence-electron chi connectivity index (χ3n) is 5.18. The van der Waals surface area contributed by atoms with Crippen molar-refractivity contribution in [1.82, 2.24) is 4.31 Å². The molecule has 1 aliphatic carbocycles. The number of methoxy groups -OCH3 is 1. The Bertz CT molecular complexity index is 542. The molecule has 1 saturated heterocycles. The Kier molecular flexibility index (Phi) is 7.05. The van der Waals surface area contributed by atoms with Crippen LogP contribution in [0.2, 0.25) is 0 Å². The largest absolute Gasteiger partial charge is 0.493 e. The van der Waals surface area contributed by atoms with Gasteiger partial charge in [0.2, 0.25) is 0 Å². The van der Waals surface area contributed by atoms with Crippen LogP contribution in [-0.2, 0) is 9.53 Å². The van der Waals surface area contributed by atoms with Crippen molar-refractivity contribution in [2.24, 2.45) is 5.92 Å². The van der Waals surface area contributed by atoms with Crippen LogP contribution in [0.25, 0.3) is 0 Å². The number of hydrogen-bond acceptors (Lipinski definition) is 5. The number of esters is 1. The lowest BCUT2D eigenvalue weighted by Crippen LogP contribution is -2.40. The first-order valence-corrected chi connectivity index (χ1v) is 10.3. The highest BCUT2D eigenvalue weighted by molar-refractivity contribution is 7.97. The first-order chi connectivity index (χ1) is 12.3. The molecular formula is C20H29NO3S. The number of ether oxygens (including phenoxy) is 2. The molecule has 0 radical (unpaired) electrons. The number of rotatable bonds is 6. The van der Waals surface area contributed by atoms with Crippen LogP contribution >= 0.6 is 11.9 Å². The van der Waals surface area contributed by atoms with Gasteiger partial charge in [0.15, 0.2) is 0 Å². The van der Waals surface area contributed by atoms with Crippen molar-refractivity contribution in [2.45, 2.75) is 62.3 Å². The number of carbonyl (C=O) groups excluding carboxylic acids is 1. The zero-order valence-electron chi connectivity index (χ0n) is 15.1. The minimum atomic E-state index is -0.133. The molecule has 25 heavy (non-hydrogen) atoms. The number of piperidine rings is 1. The highest BCUT2D eigenvalue weighted by atomic mass is 32.2. The molecule has 1 aromatic carbocycles. The number of carbonyl (C=O) groups is 1. The summed E-state index contributed by atoms with van der Waals surface area (Å²) in [6, 6.07) is 8.13.